The molecule has 0 radical (unpaired) electrons. The van der Waals surface area contributed by atoms with E-state index in [2.05, 4.69) is 10.3 Å². The summed E-state index contributed by atoms with van der Waals surface area (Å²) in [5.74, 6) is 0. The van der Waals surface area contributed by atoms with E-state index in [-0.39, 0.29) is 10.4 Å². The number of hydrogen-bond acceptors (Lipinski definition) is 4. The normalized spacial score (nSPS) is 12.5. The van der Waals surface area contributed by atoms with Crippen molar-refractivity contribution in [3.8, 4) is 0 Å². The van der Waals surface area contributed by atoms with Crippen LogP contribution in [0.15, 0.2) is 53.4 Å². The van der Waals surface area contributed by atoms with Gasteiger partial charge >= 0.3 is 6.18 Å². The van der Waals surface area contributed by atoms with E-state index < -0.39 is 21.8 Å². The third-order valence-electron chi connectivity index (χ3n) is 4.18. The summed E-state index contributed by atoms with van der Waals surface area (Å²) >= 11 is 0. The first-order valence-corrected chi connectivity index (χ1v) is 9.71. The number of aryl methyl sites for hydroxylation is 1. The van der Waals surface area contributed by atoms with Crippen molar-refractivity contribution in [3.63, 3.8) is 0 Å². The summed E-state index contributed by atoms with van der Waals surface area (Å²) in [7, 11) is -0.644. The van der Waals surface area contributed by atoms with Crippen molar-refractivity contribution < 1.29 is 21.6 Å². The predicted molar refractivity (Wildman–Crippen MR) is 102 cm³/mol. The van der Waals surface area contributed by atoms with Crippen molar-refractivity contribution in [3.05, 3.63) is 59.8 Å². The standard InChI is InChI=1S/C19H18F3N3O2S/c1-12-10-17(16-9-4-13(19(20,21)22)11-18(16)23-12)24-14-5-7-15(8-6-14)28(26,27)25(2)3/h4-11H,1-3H3,(H,23,24). The first kappa shape index (κ1) is 20.1. The first-order chi connectivity index (χ1) is 13.0. The Morgan fingerprint density at radius 2 is 1.64 bits per heavy atom. The number of aromatic nitrogens is 1. The molecule has 28 heavy (non-hydrogen) atoms. The number of hydrogen-bond donors (Lipinski definition) is 1. The van der Waals surface area contributed by atoms with Gasteiger partial charge < -0.3 is 5.32 Å². The van der Waals surface area contributed by atoms with E-state index in [1.165, 1.54) is 32.3 Å². The molecular formula is C19H18F3N3O2S. The van der Waals surface area contributed by atoms with Gasteiger partial charge in [-0.25, -0.2) is 12.7 Å². The molecule has 2 aromatic carbocycles. The van der Waals surface area contributed by atoms with Crippen molar-refractivity contribution in [1.29, 1.82) is 0 Å². The number of fused-ring (bicyclic) bond motifs is 1. The van der Waals surface area contributed by atoms with Gasteiger partial charge in [0.15, 0.2) is 0 Å². The summed E-state index contributed by atoms with van der Waals surface area (Å²) in [6.45, 7) is 1.69. The molecular weight excluding hydrogens is 391 g/mol. The molecule has 148 valence electrons. The highest BCUT2D eigenvalue weighted by atomic mass is 32.2. The molecule has 9 heteroatoms. The molecule has 3 rings (SSSR count). The molecule has 0 aliphatic rings. The van der Waals surface area contributed by atoms with Gasteiger partial charge in [0.25, 0.3) is 0 Å². The van der Waals surface area contributed by atoms with Crippen LogP contribution in [0.25, 0.3) is 10.9 Å². The Morgan fingerprint density at radius 1 is 1.00 bits per heavy atom. The van der Waals surface area contributed by atoms with Crippen LogP contribution in [0, 0.1) is 6.92 Å². The van der Waals surface area contributed by atoms with Gasteiger partial charge in [-0.3, -0.25) is 4.98 Å². The van der Waals surface area contributed by atoms with E-state index in [9.17, 15) is 21.6 Å². The number of rotatable bonds is 4. The fourth-order valence-electron chi connectivity index (χ4n) is 2.72. The van der Waals surface area contributed by atoms with Crippen molar-refractivity contribution >= 4 is 32.3 Å². The zero-order valence-corrected chi connectivity index (χ0v) is 16.2. The molecule has 0 saturated carbocycles. The van der Waals surface area contributed by atoms with Gasteiger partial charge in [-0.2, -0.15) is 13.2 Å². The highest BCUT2D eigenvalue weighted by molar-refractivity contribution is 7.89. The van der Waals surface area contributed by atoms with E-state index in [1.807, 2.05) is 0 Å². The van der Waals surface area contributed by atoms with Gasteiger partial charge in [-0.05, 0) is 49.4 Å². The lowest BCUT2D eigenvalue weighted by Crippen LogP contribution is -2.22. The van der Waals surface area contributed by atoms with Gasteiger partial charge in [-0.1, -0.05) is 6.07 Å². The summed E-state index contributed by atoms with van der Waals surface area (Å²) in [6.07, 6.45) is -4.44. The van der Waals surface area contributed by atoms with Gasteiger partial charge in [0.05, 0.1) is 16.0 Å². The zero-order valence-electron chi connectivity index (χ0n) is 15.4. The number of anilines is 2. The van der Waals surface area contributed by atoms with Crippen LogP contribution in [0.3, 0.4) is 0 Å². The lowest BCUT2D eigenvalue weighted by molar-refractivity contribution is -0.137. The third kappa shape index (κ3) is 3.95. The fraction of sp³-hybridized carbons (Fsp3) is 0.211. The van der Waals surface area contributed by atoms with Gasteiger partial charge in [0.2, 0.25) is 10.0 Å². The molecule has 0 unspecified atom stereocenters. The number of pyridine rings is 1. The largest absolute Gasteiger partial charge is 0.416 e. The number of benzene rings is 2. The molecule has 0 saturated heterocycles. The maximum absolute atomic E-state index is 13.0. The second-order valence-electron chi connectivity index (χ2n) is 6.48. The highest BCUT2D eigenvalue weighted by Crippen LogP contribution is 2.34. The zero-order chi connectivity index (χ0) is 20.7. The number of nitrogens with zero attached hydrogens (tertiary/aromatic N) is 2. The van der Waals surface area contributed by atoms with Crippen LogP contribution in [0.1, 0.15) is 11.3 Å². The Morgan fingerprint density at radius 3 is 2.21 bits per heavy atom. The van der Waals surface area contributed by atoms with Gasteiger partial charge in [0, 0.05) is 36.6 Å². The van der Waals surface area contributed by atoms with E-state index in [1.54, 1.807) is 25.1 Å². The number of alkyl halides is 3. The average molecular weight is 409 g/mol. The van der Waals surface area contributed by atoms with Crippen LogP contribution in [0.2, 0.25) is 0 Å². The van der Waals surface area contributed by atoms with Crippen LogP contribution in [0.4, 0.5) is 24.5 Å². The predicted octanol–water partition coefficient (Wildman–Crippen LogP) is 4.56. The van der Waals surface area contributed by atoms with Gasteiger partial charge in [0.1, 0.15) is 0 Å². The molecule has 0 aliphatic heterocycles. The van der Waals surface area contributed by atoms with Crippen molar-refractivity contribution in [2.24, 2.45) is 0 Å². The van der Waals surface area contributed by atoms with Crippen LogP contribution < -0.4 is 5.32 Å². The summed E-state index contributed by atoms with van der Waals surface area (Å²) in [4.78, 5) is 4.34. The number of sulfonamides is 1. The molecule has 0 spiro atoms. The summed E-state index contributed by atoms with van der Waals surface area (Å²) in [6, 6.07) is 11.3. The van der Waals surface area contributed by atoms with Crippen LogP contribution in [-0.4, -0.2) is 31.8 Å². The Kier molecular flexibility index (Phi) is 5.07. The summed E-state index contributed by atoms with van der Waals surface area (Å²) in [5, 5.41) is 3.66. The van der Waals surface area contributed by atoms with E-state index in [4.69, 9.17) is 0 Å². The molecule has 1 N–H and O–H groups in total. The summed E-state index contributed by atoms with van der Waals surface area (Å²) in [5.41, 5.74) is 1.21. The minimum atomic E-state index is -4.44. The molecule has 1 heterocycles. The molecule has 1 aromatic heterocycles. The number of halogens is 3. The monoisotopic (exact) mass is 409 g/mol. The second-order valence-corrected chi connectivity index (χ2v) is 8.63. The fourth-order valence-corrected chi connectivity index (χ4v) is 3.62. The SMILES string of the molecule is Cc1cc(Nc2ccc(S(=O)(=O)N(C)C)cc2)c2ccc(C(F)(F)F)cc2n1. The molecule has 0 aliphatic carbocycles. The van der Waals surface area contributed by atoms with Crippen molar-refractivity contribution in [2.75, 3.05) is 19.4 Å². The average Bonchev–Trinajstić information content (AvgIpc) is 2.60. The molecule has 0 bridgehead atoms. The van der Waals surface area contributed by atoms with Crippen LogP contribution in [-0.2, 0) is 16.2 Å². The molecule has 0 atom stereocenters. The van der Waals surface area contributed by atoms with E-state index >= 15 is 0 Å². The third-order valence-corrected chi connectivity index (χ3v) is 6.01. The summed E-state index contributed by atoms with van der Waals surface area (Å²) < 4.78 is 64.3. The molecule has 0 fully saturated rings. The Labute approximate surface area is 160 Å². The Bertz CT molecular complexity index is 1130. The lowest BCUT2D eigenvalue weighted by atomic mass is 10.1. The molecule has 5 nitrogen and oxygen atoms in total. The van der Waals surface area contributed by atoms with Crippen LogP contribution >= 0.6 is 0 Å². The maximum Gasteiger partial charge on any atom is 0.416 e. The Balaban J connectivity index is 1.98. The van der Waals surface area contributed by atoms with E-state index in [0.29, 0.717) is 22.5 Å². The number of nitrogens with one attached hydrogen (secondary N) is 1. The van der Waals surface area contributed by atoms with Crippen molar-refractivity contribution in [2.45, 2.75) is 18.0 Å². The molecule has 0 amide bonds. The first-order valence-electron chi connectivity index (χ1n) is 8.27. The maximum atomic E-state index is 13.0. The minimum Gasteiger partial charge on any atom is -0.355 e. The topological polar surface area (TPSA) is 62.3 Å². The van der Waals surface area contributed by atoms with Crippen molar-refractivity contribution in [1.82, 2.24) is 9.29 Å². The Hall–Kier alpha value is -2.65. The lowest BCUT2D eigenvalue weighted by Gasteiger charge is -2.14. The molecule has 3 aromatic rings. The second kappa shape index (κ2) is 7.06. The quantitative estimate of drug-likeness (QED) is 0.686. The van der Waals surface area contributed by atoms with Crippen LogP contribution in [0.5, 0.6) is 0 Å². The minimum absolute atomic E-state index is 0.147. The smallest absolute Gasteiger partial charge is 0.355 e. The highest BCUT2D eigenvalue weighted by Gasteiger charge is 2.30. The van der Waals surface area contributed by atoms with E-state index in [0.717, 1.165) is 16.4 Å². The van der Waals surface area contributed by atoms with Gasteiger partial charge in [-0.15, -0.1) is 0 Å².